The van der Waals surface area contributed by atoms with Crippen molar-refractivity contribution in [3.05, 3.63) is 29.6 Å². The fourth-order valence-electron chi connectivity index (χ4n) is 2.15. The van der Waals surface area contributed by atoms with E-state index in [1.807, 2.05) is 6.92 Å². The number of methoxy groups -OCH3 is 1. The van der Waals surface area contributed by atoms with Crippen LogP contribution in [0.4, 0.5) is 4.39 Å². The Morgan fingerprint density at radius 2 is 2.19 bits per heavy atom. The minimum atomic E-state index is -0.215. The second kappa shape index (κ2) is 4.39. The molecule has 0 aromatic heterocycles. The first-order chi connectivity index (χ1) is 7.63. The molecule has 4 heteroatoms. The molecule has 1 aromatic rings. The molecular weight excluding hydrogens is 207 g/mol. The van der Waals surface area contributed by atoms with E-state index >= 15 is 0 Å². The van der Waals surface area contributed by atoms with E-state index in [0.717, 1.165) is 13.1 Å². The van der Waals surface area contributed by atoms with E-state index in [0.29, 0.717) is 11.3 Å². The number of nitrogens with zero attached hydrogens (tertiary/aromatic N) is 1. The van der Waals surface area contributed by atoms with Crippen LogP contribution in [-0.2, 0) is 0 Å². The van der Waals surface area contributed by atoms with E-state index in [-0.39, 0.29) is 17.9 Å². The molecular formula is C12H17FN2O. The third-order valence-corrected chi connectivity index (χ3v) is 3.14. The SMILES string of the molecule is COc1cccc(F)c1C(C)N1CC(N)C1. The zero-order valence-electron chi connectivity index (χ0n) is 9.61. The molecule has 0 saturated carbocycles. The van der Waals surface area contributed by atoms with Crippen molar-refractivity contribution in [3.63, 3.8) is 0 Å². The van der Waals surface area contributed by atoms with Crippen LogP contribution in [0.1, 0.15) is 18.5 Å². The average Bonchev–Trinajstić information content (AvgIpc) is 2.23. The summed E-state index contributed by atoms with van der Waals surface area (Å²) in [6, 6.07) is 5.14. The van der Waals surface area contributed by atoms with E-state index in [4.69, 9.17) is 10.5 Å². The number of ether oxygens (including phenoxy) is 1. The Labute approximate surface area is 95.0 Å². The van der Waals surface area contributed by atoms with Gasteiger partial charge in [0, 0.05) is 30.7 Å². The highest BCUT2D eigenvalue weighted by atomic mass is 19.1. The maximum Gasteiger partial charge on any atom is 0.131 e. The summed E-state index contributed by atoms with van der Waals surface area (Å²) in [6.07, 6.45) is 0. The van der Waals surface area contributed by atoms with E-state index in [1.54, 1.807) is 19.2 Å². The van der Waals surface area contributed by atoms with Crippen LogP contribution in [0.5, 0.6) is 5.75 Å². The molecule has 1 aliphatic rings. The Hall–Kier alpha value is -1.13. The molecule has 1 atom stereocenters. The Morgan fingerprint density at radius 1 is 1.50 bits per heavy atom. The van der Waals surface area contributed by atoms with E-state index < -0.39 is 0 Å². The molecule has 0 spiro atoms. The molecule has 2 N–H and O–H groups in total. The lowest BCUT2D eigenvalue weighted by Gasteiger charge is -2.41. The fraction of sp³-hybridized carbons (Fsp3) is 0.500. The molecule has 1 aliphatic heterocycles. The predicted octanol–water partition coefficient (Wildman–Crippen LogP) is 1.54. The molecule has 16 heavy (non-hydrogen) atoms. The van der Waals surface area contributed by atoms with Gasteiger partial charge in [0.1, 0.15) is 11.6 Å². The van der Waals surface area contributed by atoms with Crippen molar-refractivity contribution < 1.29 is 9.13 Å². The van der Waals surface area contributed by atoms with Gasteiger partial charge in [-0.25, -0.2) is 4.39 Å². The van der Waals surface area contributed by atoms with E-state index in [1.165, 1.54) is 6.07 Å². The minimum Gasteiger partial charge on any atom is -0.496 e. The minimum absolute atomic E-state index is 0.0101. The predicted molar refractivity (Wildman–Crippen MR) is 60.9 cm³/mol. The van der Waals surface area contributed by atoms with Gasteiger partial charge in [0.05, 0.1) is 7.11 Å². The Morgan fingerprint density at radius 3 is 2.75 bits per heavy atom. The van der Waals surface area contributed by atoms with E-state index in [2.05, 4.69) is 4.90 Å². The van der Waals surface area contributed by atoms with Gasteiger partial charge < -0.3 is 10.5 Å². The summed E-state index contributed by atoms with van der Waals surface area (Å²) in [6.45, 7) is 3.62. The topological polar surface area (TPSA) is 38.5 Å². The van der Waals surface area contributed by atoms with Crippen LogP contribution < -0.4 is 10.5 Å². The van der Waals surface area contributed by atoms with Crippen molar-refractivity contribution >= 4 is 0 Å². The summed E-state index contributed by atoms with van der Waals surface area (Å²) in [7, 11) is 1.56. The van der Waals surface area contributed by atoms with Gasteiger partial charge in [-0.1, -0.05) is 6.07 Å². The van der Waals surface area contributed by atoms with E-state index in [9.17, 15) is 4.39 Å². The Balaban J connectivity index is 2.24. The monoisotopic (exact) mass is 224 g/mol. The zero-order chi connectivity index (χ0) is 11.7. The number of likely N-dealkylation sites (tertiary alicyclic amines) is 1. The summed E-state index contributed by atoms with van der Waals surface area (Å²) in [5.41, 5.74) is 6.35. The molecule has 1 fully saturated rings. The lowest BCUT2D eigenvalue weighted by atomic mass is 10.00. The van der Waals surface area contributed by atoms with Gasteiger partial charge in [-0.2, -0.15) is 0 Å². The standard InChI is InChI=1S/C12H17FN2O/c1-8(15-6-9(14)7-15)12-10(13)4-3-5-11(12)16-2/h3-5,8-9H,6-7,14H2,1-2H3. The van der Waals surface area contributed by atoms with Crippen molar-refractivity contribution in [2.75, 3.05) is 20.2 Å². The van der Waals surface area contributed by atoms with Crippen molar-refractivity contribution in [3.8, 4) is 5.75 Å². The molecule has 0 radical (unpaired) electrons. The number of hydrogen-bond donors (Lipinski definition) is 1. The van der Waals surface area contributed by atoms with Crippen LogP contribution in [0, 0.1) is 5.82 Å². The summed E-state index contributed by atoms with van der Waals surface area (Å²) in [4.78, 5) is 2.14. The third-order valence-electron chi connectivity index (χ3n) is 3.14. The number of hydrogen-bond acceptors (Lipinski definition) is 3. The highest BCUT2D eigenvalue weighted by molar-refractivity contribution is 5.37. The van der Waals surface area contributed by atoms with Crippen molar-refractivity contribution in [2.24, 2.45) is 5.73 Å². The van der Waals surface area contributed by atoms with Crippen molar-refractivity contribution in [2.45, 2.75) is 19.0 Å². The normalized spacial score (nSPS) is 19.2. The summed E-state index contributed by atoms with van der Waals surface area (Å²) in [5, 5.41) is 0. The van der Waals surface area contributed by atoms with Gasteiger partial charge in [0.2, 0.25) is 0 Å². The van der Waals surface area contributed by atoms with Crippen LogP contribution in [-0.4, -0.2) is 31.1 Å². The van der Waals surface area contributed by atoms with Gasteiger partial charge in [-0.3, -0.25) is 4.90 Å². The molecule has 1 saturated heterocycles. The highest BCUT2D eigenvalue weighted by Gasteiger charge is 2.30. The number of halogens is 1. The molecule has 0 amide bonds. The number of nitrogens with two attached hydrogens (primary N) is 1. The number of benzene rings is 1. The summed E-state index contributed by atoms with van der Waals surface area (Å²) < 4.78 is 19.0. The fourth-order valence-corrected chi connectivity index (χ4v) is 2.15. The van der Waals surface area contributed by atoms with Gasteiger partial charge in [0.15, 0.2) is 0 Å². The second-order valence-corrected chi connectivity index (χ2v) is 4.25. The van der Waals surface area contributed by atoms with Crippen LogP contribution >= 0.6 is 0 Å². The van der Waals surface area contributed by atoms with Gasteiger partial charge in [0.25, 0.3) is 0 Å². The van der Waals surface area contributed by atoms with Gasteiger partial charge in [-0.15, -0.1) is 0 Å². The first-order valence-corrected chi connectivity index (χ1v) is 5.45. The molecule has 1 heterocycles. The summed E-state index contributed by atoms with van der Waals surface area (Å²) >= 11 is 0. The summed E-state index contributed by atoms with van der Waals surface area (Å²) in [5.74, 6) is 0.389. The molecule has 0 aliphatic carbocycles. The smallest absolute Gasteiger partial charge is 0.131 e. The molecule has 2 rings (SSSR count). The van der Waals surface area contributed by atoms with Crippen LogP contribution in [0.2, 0.25) is 0 Å². The quantitative estimate of drug-likeness (QED) is 0.846. The maximum absolute atomic E-state index is 13.8. The first kappa shape index (κ1) is 11.4. The van der Waals surface area contributed by atoms with Gasteiger partial charge in [-0.05, 0) is 19.1 Å². The zero-order valence-corrected chi connectivity index (χ0v) is 9.61. The van der Waals surface area contributed by atoms with Gasteiger partial charge >= 0.3 is 0 Å². The van der Waals surface area contributed by atoms with Crippen LogP contribution in [0.15, 0.2) is 18.2 Å². The largest absolute Gasteiger partial charge is 0.496 e. The van der Waals surface area contributed by atoms with Crippen LogP contribution in [0.3, 0.4) is 0 Å². The second-order valence-electron chi connectivity index (χ2n) is 4.25. The lowest BCUT2D eigenvalue weighted by Crippen LogP contribution is -2.56. The van der Waals surface area contributed by atoms with Crippen molar-refractivity contribution in [1.82, 2.24) is 4.90 Å². The molecule has 1 unspecified atom stereocenters. The lowest BCUT2D eigenvalue weighted by molar-refractivity contribution is 0.0996. The number of rotatable bonds is 3. The van der Waals surface area contributed by atoms with Crippen LogP contribution in [0.25, 0.3) is 0 Å². The van der Waals surface area contributed by atoms with Crippen molar-refractivity contribution in [1.29, 1.82) is 0 Å². The average molecular weight is 224 g/mol. The third kappa shape index (κ3) is 1.90. The molecule has 88 valence electrons. The molecule has 1 aromatic carbocycles. The Kier molecular flexibility index (Phi) is 3.12. The maximum atomic E-state index is 13.8. The Bertz CT molecular complexity index is 377. The first-order valence-electron chi connectivity index (χ1n) is 5.45. The highest BCUT2D eigenvalue weighted by Crippen LogP contribution is 2.33. The molecule has 3 nitrogen and oxygen atoms in total. The molecule has 0 bridgehead atoms.